The summed E-state index contributed by atoms with van der Waals surface area (Å²) in [7, 11) is -0.0799. The standard InChI is InChI=1S/C30H46BNO3/c1-4-6-22-31-34-29-23-30(35-31)28(21-20-26(33)19-18-25-15-11-9-12-16-25)27(29)17-13-8-7-10-14-24(3)32-5-2/h8-9,11-13,15-16,20-21,26-30,32-33H,3-7,10,14,17-19,22-23H2,1-2H3/b13-8-,21-20+/t26-,27+,28+,29-,30+/m0/s1. The molecule has 1 aliphatic heterocycles. The highest BCUT2D eigenvalue weighted by atomic mass is 16.6. The molecule has 1 aliphatic carbocycles. The molecule has 2 bridgehead atoms. The van der Waals surface area contributed by atoms with Crippen molar-refractivity contribution in [2.75, 3.05) is 6.54 Å². The van der Waals surface area contributed by atoms with Gasteiger partial charge in [-0.2, -0.15) is 0 Å². The van der Waals surface area contributed by atoms with Crippen molar-refractivity contribution in [3.63, 3.8) is 0 Å². The van der Waals surface area contributed by atoms with Gasteiger partial charge in [0.25, 0.3) is 0 Å². The van der Waals surface area contributed by atoms with Gasteiger partial charge < -0.3 is 19.7 Å². The molecule has 0 radical (unpaired) electrons. The zero-order valence-electron chi connectivity index (χ0n) is 21.9. The van der Waals surface area contributed by atoms with Crippen molar-refractivity contribution in [1.82, 2.24) is 5.32 Å². The molecule has 1 saturated carbocycles. The molecule has 2 aliphatic rings. The molecule has 0 spiro atoms. The van der Waals surface area contributed by atoms with Crippen LogP contribution in [0.1, 0.15) is 70.8 Å². The van der Waals surface area contributed by atoms with Crippen LogP contribution < -0.4 is 5.32 Å². The first-order valence-electron chi connectivity index (χ1n) is 13.9. The molecule has 192 valence electrons. The Labute approximate surface area is 214 Å². The number of hydrogen-bond acceptors (Lipinski definition) is 4. The number of fused-ring (bicyclic) bond motifs is 2. The first-order chi connectivity index (χ1) is 17.1. The van der Waals surface area contributed by atoms with Gasteiger partial charge in [0.1, 0.15) is 0 Å². The maximum atomic E-state index is 10.6. The Bertz CT molecular complexity index is 796. The Balaban J connectivity index is 1.55. The molecule has 2 N–H and O–H groups in total. The van der Waals surface area contributed by atoms with Crippen molar-refractivity contribution in [1.29, 1.82) is 0 Å². The van der Waals surface area contributed by atoms with Crippen molar-refractivity contribution in [2.45, 2.75) is 96.3 Å². The zero-order chi connectivity index (χ0) is 24.9. The minimum atomic E-state index is -0.437. The van der Waals surface area contributed by atoms with Crippen LogP contribution >= 0.6 is 0 Å². The molecule has 5 atom stereocenters. The fraction of sp³-hybridized carbons (Fsp3) is 0.600. The molecule has 0 unspecified atom stereocenters. The van der Waals surface area contributed by atoms with Gasteiger partial charge in [0.2, 0.25) is 0 Å². The van der Waals surface area contributed by atoms with E-state index in [1.54, 1.807) is 0 Å². The predicted molar refractivity (Wildman–Crippen MR) is 147 cm³/mol. The van der Waals surface area contributed by atoms with Gasteiger partial charge in [-0.05, 0) is 69.7 Å². The molecule has 2 fully saturated rings. The lowest BCUT2D eigenvalue weighted by atomic mass is 9.80. The average Bonchev–Trinajstić information content (AvgIpc) is 3.11. The Kier molecular flexibility index (Phi) is 12.2. The number of aliphatic hydroxyl groups is 1. The molecule has 1 heterocycles. The van der Waals surface area contributed by atoms with E-state index < -0.39 is 6.10 Å². The van der Waals surface area contributed by atoms with Crippen molar-refractivity contribution in [3.8, 4) is 0 Å². The number of aliphatic hydroxyl groups excluding tert-OH is 1. The third-order valence-electron chi connectivity index (χ3n) is 7.29. The van der Waals surface area contributed by atoms with Gasteiger partial charge in [-0.1, -0.05) is 81.0 Å². The van der Waals surface area contributed by atoms with Crippen LogP contribution in [0.5, 0.6) is 0 Å². The molecule has 0 amide bonds. The Morgan fingerprint density at radius 2 is 1.97 bits per heavy atom. The Morgan fingerprint density at radius 3 is 2.74 bits per heavy atom. The number of allylic oxidation sites excluding steroid dienone is 3. The van der Waals surface area contributed by atoms with E-state index in [4.69, 9.17) is 9.31 Å². The molecule has 1 aromatic carbocycles. The molecule has 3 rings (SSSR count). The summed E-state index contributed by atoms with van der Waals surface area (Å²) >= 11 is 0. The average molecular weight is 480 g/mol. The lowest BCUT2D eigenvalue weighted by molar-refractivity contribution is 0.0510. The summed E-state index contributed by atoms with van der Waals surface area (Å²) in [6.07, 6.45) is 18.9. The third kappa shape index (κ3) is 9.29. The summed E-state index contributed by atoms with van der Waals surface area (Å²) in [5, 5.41) is 13.9. The minimum Gasteiger partial charge on any atom is -0.408 e. The van der Waals surface area contributed by atoms with Crippen molar-refractivity contribution < 1.29 is 14.4 Å². The first kappa shape index (κ1) is 27.8. The maximum absolute atomic E-state index is 10.6. The monoisotopic (exact) mass is 479 g/mol. The summed E-state index contributed by atoms with van der Waals surface area (Å²) < 4.78 is 12.8. The van der Waals surface area contributed by atoms with Gasteiger partial charge in [0.15, 0.2) is 0 Å². The Morgan fingerprint density at radius 1 is 1.17 bits per heavy atom. The quantitative estimate of drug-likeness (QED) is 0.162. The number of hydrogen-bond donors (Lipinski definition) is 2. The van der Waals surface area contributed by atoms with Crippen LogP contribution in [0.2, 0.25) is 6.32 Å². The van der Waals surface area contributed by atoms with Gasteiger partial charge in [-0.3, -0.25) is 0 Å². The van der Waals surface area contributed by atoms with Crippen LogP contribution in [0.25, 0.3) is 0 Å². The number of rotatable bonds is 16. The van der Waals surface area contributed by atoms with Crippen molar-refractivity contribution in [2.24, 2.45) is 11.8 Å². The SMILES string of the molecule is C=C(CCC/C=C\C[C@@H]1[C@@H](/C=C/[C@@H](O)CCc2ccccc2)[C@H]2C[C@@H]1OB(CCCC)O2)NCC. The molecule has 5 heteroatoms. The second-order valence-corrected chi connectivity index (χ2v) is 10.1. The van der Waals surface area contributed by atoms with E-state index >= 15 is 0 Å². The predicted octanol–water partition coefficient (Wildman–Crippen LogP) is 6.48. The molecular weight excluding hydrogens is 433 g/mol. The van der Waals surface area contributed by atoms with Crippen LogP contribution in [0.15, 0.2) is 66.9 Å². The first-order valence-corrected chi connectivity index (χ1v) is 13.9. The van der Waals surface area contributed by atoms with Crippen LogP contribution in [0.3, 0.4) is 0 Å². The van der Waals surface area contributed by atoms with E-state index in [0.29, 0.717) is 5.92 Å². The molecule has 1 aromatic rings. The lowest BCUT2D eigenvalue weighted by Crippen LogP contribution is -2.37. The molecule has 4 nitrogen and oxygen atoms in total. The fourth-order valence-corrected chi connectivity index (χ4v) is 5.35. The summed E-state index contributed by atoms with van der Waals surface area (Å²) in [5.74, 6) is 0.688. The van der Waals surface area contributed by atoms with Gasteiger partial charge >= 0.3 is 7.12 Å². The fourth-order valence-electron chi connectivity index (χ4n) is 5.35. The number of benzene rings is 1. The smallest absolute Gasteiger partial charge is 0.408 e. The molecule has 0 aromatic heterocycles. The topological polar surface area (TPSA) is 50.7 Å². The van der Waals surface area contributed by atoms with Gasteiger partial charge in [0.05, 0.1) is 12.2 Å². The van der Waals surface area contributed by atoms with E-state index in [2.05, 4.69) is 68.2 Å². The number of aryl methyl sites for hydroxylation is 1. The van der Waals surface area contributed by atoms with Crippen LogP contribution in [-0.2, 0) is 15.7 Å². The van der Waals surface area contributed by atoms with E-state index in [-0.39, 0.29) is 25.2 Å². The second-order valence-electron chi connectivity index (χ2n) is 10.1. The molecule has 35 heavy (non-hydrogen) atoms. The number of unbranched alkanes of at least 4 members (excludes halogenated alkanes) is 2. The normalized spacial score (nSPS) is 24.9. The van der Waals surface area contributed by atoms with E-state index in [0.717, 1.165) is 76.3 Å². The Hall–Kier alpha value is -1.82. The second kappa shape index (κ2) is 15.3. The minimum absolute atomic E-state index is 0.0799. The van der Waals surface area contributed by atoms with Crippen LogP contribution in [-0.4, -0.2) is 37.1 Å². The highest BCUT2D eigenvalue weighted by Crippen LogP contribution is 2.44. The largest absolute Gasteiger partial charge is 0.457 e. The van der Waals surface area contributed by atoms with E-state index in [1.165, 1.54) is 5.56 Å². The van der Waals surface area contributed by atoms with Gasteiger partial charge in [0, 0.05) is 24.3 Å². The lowest BCUT2D eigenvalue weighted by Gasteiger charge is -2.27. The van der Waals surface area contributed by atoms with E-state index in [9.17, 15) is 5.11 Å². The molecular formula is C30H46BNO3. The summed E-state index contributed by atoms with van der Waals surface area (Å²) in [6.45, 7) is 9.33. The summed E-state index contributed by atoms with van der Waals surface area (Å²) in [5.41, 5.74) is 2.40. The number of nitrogens with one attached hydrogen (secondary N) is 1. The molecule has 1 saturated heterocycles. The highest BCUT2D eigenvalue weighted by Gasteiger charge is 2.49. The van der Waals surface area contributed by atoms with E-state index in [1.807, 2.05) is 12.1 Å². The highest BCUT2D eigenvalue weighted by molar-refractivity contribution is 6.44. The van der Waals surface area contributed by atoms with Gasteiger partial charge in [-0.15, -0.1) is 0 Å². The van der Waals surface area contributed by atoms with Crippen LogP contribution in [0, 0.1) is 11.8 Å². The maximum Gasteiger partial charge on any atom is 0.457 e. The summed E-state index contributed by atoms with van der Waals surface area (Å²) in [4.78, 5) is 0. The zero-order valence-corrected chi connectivity index (χ0v) is 21.9. The van der Waals surface area contributed by atoms with Gasteiger partial charge in [-0.25, -0.2) is 0 Å². The van der Waals surface area contributed by atoms with Crippen molar-refractivity contribution >= 4 is 7.12 Å². The van der Waals surface area contributed by atoms with Crippen LogP contribution in [0.4, 0.5) is 0 Å². The third-order valence-corrected chi connectivity index (χ3v) is 7.29. The van der Waals surface area contributed by atoms with Crippen molar-refractivity contribution in [3.05, 3.63) is 72.5 Å². The summed E-state index contributed by atoms with van der Waals surface area (Å²) in [6, 6.07) is 10.4.